The van der Waals surface area contributed by atoms with E-state index in [0.717, 1.165) is 36.1 Å². The molecule has 2 nitrogen and oxygen atoms in total. The number of benzene rings is 1. The summed E-state index contributed by atoms with van der Waals surface area (Å²) in [5.74, 6) is 2.49. The predicted octanol–water partition coefficient (Wildman–Crippen LogP) is 3.27. The fraction of sp³-hybridized carbons (Fsp3) is 0.571. The summed E-state index contributed by atoms with van der Waals surface area (Å²) in [4.78, 5) is 0. The maximum atomic E-state index is 6.05. The number of rotatable bonds is 6. The van der Waals surface area contributed by atoms with Crippen LogP contribution in [0, 0.1) is 11.8 Å². The number of hydrogen-bond donors (Lipinski definition) is 1. The van der Waals surface area contributed by atoms with E-state index in [0.29, 0.717) is 5.92 Å². The Balaban J connectivity index is 2.11. The van der Waals surface area contributed by atoms with Crippen molar-refractivity contribution in [2.75, 3.05) is 13.7 Å². The van der Waals surface area contributed by atoms with E-state index >= 15 is 0 Å². The third kappa shape index (κ3) is 3.36. The molecule has 3 heteroatoms. The van der Waals surface area contributed by atoms with Crippen molar-refractivity contribution in [3.63, 3.8) is 0 Å². The normalized spacial score (nSPS) is 16.9. The van der Waals surface area contributed by atoms with E-state index in [4.69, 9.17) is 22.1 Å². The lowest BCUT2D eigenvalue weighted by molar-refractivity contribution is 0.391. The van der Waals surface area contributed by atoms with Gasteiger partial charge in [0, 0.05) is 5.02 Å². The molecule has 0 aromatic heterocycles. The third-order valence-corrected chi connectivity index (χ3v) is 3.79. The van der Waals surface area contributed by atoms with E-state index in [1.807, 2.05) is 18.2 Å². The van der Waals surface area contributed by atoms with Crippen molar-refractivity contribution in [2.45, 2.75) is 25.7 Å². The molecule has 0 saturated heterocycles. The van der Waals surface area contributed by atoms with Crippen LogP contribution in [0.5, 0.6) is 5.75 Å². The monoisotopic (exact) mass is 253 g/mol. The molecule has 0 heterocycles. The van der Waals surface area contributed by atoms with Gasteiger partial charge in [-0.1, -0.05) is 11.6 Å². The largest absolute Gasteiger partial charge is 0.496 e. The van der Waals surface area contributed by atoms with Crippen molar-refractivity contribution in [3.8, 4) is 5.75 Å². The van der Waals surface area contributed by atoms with Crippen LogP contribution in [0.15, 0.2) is 18.2 Å². The molecule has 1 aromatic carbocycles. The second kappa shape index (κ2) is 5.74. The van der Waals surface area contributed by atoms with Gasteiger partial charge in [0.05, 0.1) is 7.11 Å². The Hall–Kier alpha value is -0.730. The number of ether oxygens (including phenoxy) is 1. The van der Waals surface area contributed by atoms with E-state index in [9.17, 15) is 0 Å². The zero-order chi connectivity index (χ0) is 12.3. The lowest BCUT2D eigenvalue weighted by Gasteiger charge is -2.17. The molecule has 17 heavy (non-hydrogen) atoms. The average molecular weight is 254 g/mol. The van der Waals surface area contributed by atoms with Gasteiger partial charge in [-0.05, 0) is 67.8 Å². The minimum atomic E-state index is 0.687. The molecule has 1 unspecified atom stereocenters. The minimum Gasteiger partial charge on any atom is -0.496 e. The quantitative estimate of drug-likeness (QED) is 0.845. The van der Waals surface area contributed by atoms with Gasteiger partial charge in [-0.25, -0.2) is 0 Å². The third-order valence-electron chi connectivity index (χ3n) is 3.55. The van der Waals surface area contributed by atoms with Gasteiger partial charge < -0.3 is 10.5 Å². The van der Waals surface area contributed by atoms with E-state index in [1.165, 1.54) is 18.4 Å². The molecule has 0 amide bonds. The Labute approximate surface area is 108 Å². The molecule has 2 N–H and O–H groups in total. The second-order valence-electron chi connectivity index (χ2n) is 4.84. The van der Waals surface area contributed by atoms with Crippen LogP contribution in [0.4, 0.5) is 0 Å². The van der Waals surface area contributed by atoms with Gasteiger partial charge in [0.25, 0.3) is 0 Å². The van der Waals surface area contributed by atoms with Crippen molar-refractivity contribution in [2.24, 2.45) is 17.6 Å². The molecule has 1 atom stereocenters. The summed E-state index contributed by atoms with van der Waals surface area (Å²) in [6.45, 7) is 0.768. The highest BCUT2D eigenvalue weighted by atomic mass is 35.5. The fourth-order valence-electron chi connectivity index (χ4n) is 2.48. The Morgan fingerprint density at radius 3 is 2.82 bits per heavy atom. The van der Waals surface area contributed by atoms with E-state index in [1.54, 1.807) is 7.11 Å². The summed E-state index contributed by atoms with van der Waals surface area (Å²) in [5, 5.41) is 0.781. The van der Waals surface area contributed by atoms with E-state index < -0.39 is 0 Å². The molecule has 0 radical (unpaired) electrons. The van der Waals surface area contributed by atoms with Crippen LogP contribution in [0.2, 0.25) is 5.02 Å². The molecule has 1 aliphatic rings. The summed E-state index contributed by atoms with van der Waals surface area (Å²) in [5.41, 5.74) is 6.91. The van der Waals surface area contributed by atoms with Crippen molar-refractivity contribution in [3.05, 3.63) is 28.8 Å². The highest BCUT2D eigenvalue weighted by Crippen LogP contribution is 2.41. The predicted molar refractivity (Wildman–Crippen MR) is 71.6 cm³/mol. The number of hydrogen-bond acceptors (Lipinski definition) is 2. The van der Waals surface area contributed by atoms with Gasteiger partial charge in [0.15, 0.2) is 0 Å². The van der Waals surface area contributed by atoms with Gasteiger partial charge in [-0.2, -0.15) is 0 Å². The molecule has 1 aliphatic carbocycles. The Bertz CT molecular complexity index is 376. The van der Waals surface area contributed by atoms with Crippen LogP contribution < -0.4 is 10.5 Å². The summed E-state index contributed by atoms with van der Waals surface area (Å²) < 4.78 is 5.39. The summed E-state index contributed by atoms with van der Waals surface area (Å²) in [7, 11) is 1.71. The van der Waals surface area contributed by atoms with Crippen LogP contribution >= 0.6 is 11.6 Å². The van der Waals surface area contributed by atoms with Crippen LogP contribution in [0.3, 0.4) is 0 Å². The van der Waals surface area contributed by atoms with Gasteiger partial charge in [0.1, 0.15) is 5.75 Å². The first-order valence-corrected chi connectivity index (χ1v) is 6.65. The highest BCUT2D eigenvalue weighted by molar-refractivity contribution is 6.30. The maximum absolute atomic E-state index is 6.05. The van der Waals surface area contributed by atoms with Crippen molar-refractivity contribution >= 4 is 11.6 Å². The first-order valence-electron chi connectivity index (χ1n) is 6.27. The lowest BCUT2D eigenvalue weighted by atomic mass is 9.91. The van der Waals surface area contributed by atoms with E-state index in [2.05, 4.69) is 0 Å². The first-order chi connectivity index (χ1) is 8.24. The smallest absolute Gasteiger partial charge is 0.122 e. The van der Waals surface area contributed by atoms with Gasteiger partial charge in [0.2, 0.25) is 0 Å². The standard InChI is InChI=1S/C14H20ClNO/c1-17-14-5-4-13(15)9-12(14)8-11(6-7-16)10-2-3-10/h4-5,9-11H,2-3,6-8,16H2,1H3. The van der Waals surface area contributed by atoms with Crippen LogP contribution in [-0.4, -0.2) is 13.7 Å². The van der Waals surface area contributed by atoms with Crippen molar-refractivity contribution in [1.29, 1.82) is 0 Å². The summed E-state index contributed by atoms with van der Waals surface area (Å²) in [6.07, 6.45) is 4.84. The Kier molecular flexibility index (Phi) is 4.30. The molecule has 0 aliphatic heterocycles. The topological polar surface area (TPSA) is 35.2 Å². The number of halogens is 1. The van der Waals surface area contributed by atoms with Gasteiger partial charge >= 0.3 is 0 Å². The Morgan fingerprint density at radius 2 is 2.24 bits per heavy atom. The molecule has 94 valence electrons. The van der Waals surface area contributed by atoms with Crippen LogP contribution in [0.25, 0.3) is 0 Å². The zero-order valence-electron chi connectivity index (χ0n) is 10.3. The van der Waals surface area contributed by atoms with Crippen molar-refractivity contribution < 1.29 is 4.74 Å². The van der Waals surface area contributed by atoms with Crippen molar-refractivity contribution in [1.82, 2.24) is 0 Å². The molecule has 1 saturated carbocycles. The maximum Gasteiger partial charge on any atom is 0.122 e. The Morgan fingerprint density at radius 1 is 1.47 bits per heavy atom. The number of nitrogens with two attached hydrogens (primary N) is 1. The zero-order valence-corrected chi connectivity index (χ0v) is 11.0. The first kappa shape index (κ1) is 12.7. The highest BCUT2D eigenvalue weighted by Gasteiger charge is 2.31. The number of methoxy groups -OCH3 is 1. The van der Waals surface area contributed by atoms with Gasteiger partial charge in [-0.15, -0.1) is 0 Å². The fourth-order valence-corrected chi connectivity index (χ4v) is 2.67. The SMILES string of the molecule is COc1ccc(Cl)cc1CC(CCN)C1CC1. The molecule has 0 spiro atoms. The average Bonchev–Trinajstić information content (AvgIpc) is 3.13. The lowest BCUT2D eigenvalue weighted by Crippen LogP contribution is -2.13. The molecule has 2 rings (SSSR count). The van der Waals surface area contributed by atoms with Gasteiger partial charge in [-0.3, -0.25) is 0 Å². The summed E-state index contributed by atoms with van der Waals surface area (Å²) in [6, 6.07) is 5.84. The molecular weight excluding hydrogens is 234 g/mol. The molecule has 1 fully saturated rings. The van der Waals surface area contributed by atoms with E-state index in [-0.39, 0.29) is 0 Å². The summed E-state index contributed by atoms with van der Waals surface area (Å²) >= 11 is 6.05. The molecular formula is C14H20ClNO. The van der Waals surface area contributed by atoms with Crippen LogP contribution in [-0.2, 0) is 6.42 Å². The minimum absolute atomic E-state index is 0.687. The molecule has 0 bridgehead atoms. The molecule has 1 aromatic rings. The van der Waals surface area contributed by atoms with Crippen LogP contribution in [0.1, 0.15) is 24.8 Å². The second-order valence-corrected chi connectivity index (χ2v) is 5.27.